The Labute approximate surface area is 99.1 Å². The summed E-state index contributed by atoms with van der Waals surface area (Å²) >= 11 is 6.14. The van der Waals surface area contributed by atoms with Crippen LogP contribution >= 0.6 is 23.6 Å². The smallest absolute Gasteiger partial charge is 0.204 e. The highest BCUT2D eigenvalue weighted by Gasteiger charge is 2.03. The van der Waals surface area contributed by atoms with Gasteiger partial charge in [0.25, 0.3) is 0 Å². The molecule has 1 aromatic heterocycles. The van der Waals surface area contributed by atoms with Crippen molar-refractivity contribution in [3.05, 3.63) is 39.4 Å². The molecule has 0 saturated carbocycles. The Morgan fingerprint density at radius 3 is 2.81 bits per heavy atom. The van der Waals surface area contributed by atoms with Gasteiger partial charge in [-0.05, 0) is 29.9 Å². The summed E-state index contributed by atoms with van der Waals surface area (Å²) in [6.07, 6.45) is 0. The van der Waals surface area contributed by atoms with Crippen molar-refractivity contribution < 1.29 is 8.78 Å². The van der Waals surface area contributed by atoms with E-state index in [0.717, 1.165) is 12.1 Å². The van der Waals surface area contributed by atoms with Gasteiger partial charge in [-0.2, -0.15) is 0 Å². The molecule has 0 aliphatic heterocycles. The summed E-state index contributed by atoms with van der Waals surface area (Å²) in [5.41, 5.74) is 0.639. The Morgan fingerprint density at radius 2 is 2.19 bits per heavy atom. The summed E-state index contributed by atoms with van der Waals surface area (Å²) in [6, 6.07) is 3.75. The van der Waals surface area contributed by atoms with Crippen molar-refractivity contribution >= 4 is 28.7 Å². The topological polar surface area (TPSA) is 40.7 Å². The fraction of sp³-hybridized carbons (Fsp3) is 0.111. The first-order valence-corrected chi connectivity index (χ1v) is 5.61. The number of hydrogen-bond donors (Lipinski definition) is 2. The molecular formula is C9H7F2N3S2. The first-order valence-electron chi connectivity index (χ1n) is 4.38. The second-order valence-electron chi connectivity index (χ2n) is 3.02. The van der Waals surface area contributed by atoms with Gasteiger partial charge in [-0.25, -0.2) is 8.78 Å². The van der Waals surface area contributed by atoms with Crippen molar-refractivity contribution in [2.75, 3.05) is 5.32 Å². The molecule has 16 heavy (non-hydrogen) atoms. The third kappa shape index (κ3) is 2.61. The van der Waals surface area contributed by atoms with Gasteiger partial charge in [0.1, 0.15) is 0 Å². The highest BCUT2D eigenvalue weighted by Crippen LogP contribution is 2.14. The van der Waals surface area contributed by atoms with Gasteiger partial charge in [0.05, 0.1) is 0 Å². The van der Waals surface area contributed by atoms with Crippen LogP contribution in [0.4, 0.5) is 13.9 Å². The molecule has 0 aliphatic carbocycles. The van der Waals surface area contributed by atoms with Gasteiger partial charge in [-0.15, -0.1) is 5.10 Å². The Morgan fingerprint density at radius 1 is 1.38 bits per heavy atom. The second kappa shape index (κ2) is 4.67. The maximum absolute atomic E-state index is 12.9. The van der Waals surface area contributed by atoms with Crippen LogP contribution in [0.1, 0.15) is 5.56 Å². The summed E-state index contributed by atoms with van der Waals surface area (Å²) in [7, 11) is 0. The van der Waals surface area contributed by atoms with Crippen LogP contribution in [0.25, 0.3) is 0 Å². The maximum atomic E-state index is 12.9. The van der Waals surface area contributed by atoms with E-state index in [0.29, 0.717) is 21.2 Å². The molecule has 0 fully saturated rings. The largest absolute Gasteiger partial charge is 0.356 e. The number of aromatic amines is 1. The van der Waals surface area contributed by atoms with E-state index in [1.165, 1.54) is 17.4 Å². The molecule has 0 unspecified atom stereocenters. The van der Waals surface area contributed by atoms with Gasteiger partial charge >= 0.3 is 0 Å². The van der Waals surface area contributed by atoms with Crippen LogP contribution in [0.3, 0.4) is 0 Å². The van der Waals surface area contributed by atoms with Crippen LogP contribution in [-0.4, -0.2) is 10.2 Å². The number of hydrogen-bond acceptors (Lipinski definition) is 4. The fourth-order valence-electron chi connectivity index (χ4n) is 1.13. The van der Waals surface area contributed by atoms with Gasteiger partial charge in [0.15, 0.2) is 15.6 Å². The Kier molecular flexibility index (Phi) is 3.25. The van der Waals surface area contributed by atoms with E-state index in [1.54, 1.807) is 0 Å². The zero-order valence-corrected chi connectivity index (χ0v) is 9.59. The lowest BCUT2D eigenvalue weighted by molar-refractivity contribution is 0.507. The summed E-state index contributed by atoms with van der Waals surface area (Å²) in [6.45, 7) is 0.368. The number of halogens is 2. The van der Waals surface area contributed by atoms with Crippen LogP contribution in [0.2, 0.25) is 0 Å². The van der Waals surface area contributed by atoms with E-state index >= 15 is 0 Å². The Bertz CT molecular complexity index is 550. The second-order valence-corrected chi connectivity index (χ2v) is 4.69. The van der Waals surface area contributed by atoms with E-state index in [1.807, 2.05) is 0 Å². The zero-order chi connectivity index (χ0) is 11.5. The average molecular weight is 259 g/mol. The Hall–Kier alpha value is -1.34. The van der Waals surface area contributed by atoms with Crippen LogP contribution in [0, 0.1) is 15.6 Å². The molecule has 2 aromatic rings. The molecule has 0 spiro atoms. The monoisotopic (exact) mass is 259 g/mol. The lowest BCUT2D eigenvalue weighted by atomic mass is 10.2. The maximum Gasteiger partial charge on any atom is 0.204 e. The molecule has 1 aromatic carbocycles. The molecule has 2 N–H and O–H groups in total. The minimum atomic E-state index is -0.853. The number of nitrogens with zero attached hydrogens (tertiary/aromatic N) is 1. The van der Waals surface area contributed by atoms with E-state index in [4.69, 9.17) is 12.2 Å². The van der Waals surface area contributed by atoms with Crippen LogP contribution in [-0.2, 0) is 6.54 Å². The molecule has 7 heteroatoms. The van der Waals surface area contributed by atoms with Gasteiger partial charge in [-0.1, -0.05) is 17.4 Å². The minimum Gasteiger partial charge on any atom is -0.356 e. The number of aromatic nitrogens is 2. The molecule has 0 atom stereocenters. The standard InChI is InChI=1S/C9H7F2N3S2/c10-6-2-1-5(3-7(6)11)4-12-8-13-14-9(15)16-8/h1-3H,4H2,(H,12,13)(H,14,15). The lowest BCUT2D eigenvalue weighted by Gasteiger charge is -2.02. The molecule has 0 saturated heterocycles. The van der Waals surface area contributed by atoms with Crippen molar-refractivity contribution in [2.24, 2.45) is 0 Å². The van der Waals surface area contributed by atoms with Gasteiger partial charge < -0.3 is 5.32 Å². The van der Waals surface area contributed by atoms with Gasteiger partial charge in [0.2, 0.25) is 5.13 Å². The summed E-state index contributed by atoms with van der Waals surface area (Å²) in [5.74, 6) is -1.70. The van der Waals surface area contributed by atoms with Crippen molar-refractivity contribution in [1.82, 2.24) is 10.2 Å². The average Bonchev–Trinajstić information content (AvgIpc) is 2.66. The summed E-state index contributed by atoms with van der Waals surface area (Å²) < 4.78 is 26.1. The van der Waals surface area contributed by atoms with Crippen molar-refractivity contribution in [3.63, 3.8) is 0 Å². The van der Waals surface area contributed by atoms with Crippen LogP contribution < -0.4 is 5.32 Å². The van der Waals surface area contributed by atoms with Crippen LogP contribution in [0.15, 0.2) is 18.2 Å². The molecule has 1 heterocycles. The SMILES string of the molecule is Fc1ccc(CNc2n[nH]c(=S)s2)cc1F. The van der Waals surface area contributed by atoms with E-state index < -0.39 is 11.6 Å². The third-order valence-electron chi connectivity index (χ3n) is 1.87. The number of benzene rings is 1. The highest BCUT2D eigenvalue weighted by molar-refractivity contribution is 7.73. The fourth-order valence-corrected chi connectivity index (χ4v) is 1.92. The summed E-state index contributed by atoms with van der Waals surface area (Å²) in [5, 5.41) is 10.1. The molecule has 0 amide bonds. The molecule has 0 radical (unpaired) electrons. The predicted molar refractivity (Wildman–Crippen MR) is 61.0 cm³/mol. The van der Waals surface area contributed by atoms with Crippen LogP contribution in [0.5, 0.6) is 0 Å². The van der Waals surface area contributed by atoms with E-state index in [2.05, 4.69) is 15.5 Å². The number of rotatable bonds is 3. The third-order valence-corrected chi connectivity index (χ3v) is 2.91. The molecule has 0 bridgehead atoms. The lowest BCUT2D eigenvalue weighted by Crippen LogP contribution is -2.00. The molecule has 2 rings (SSSR count). The highest BCUT2D eigenvalue weighted by atomic mass is 32.1. The van der Waals surface area contributed by atoms with Crippen molar-refractivity contribution in [3.8, 4) is 0 Å². The quantitative estimate of drug-likeness (QED) is 0.832. The molecule has 3 nitrogen and oxygen atoms in total. The van der Waals surface area contributed by atoms with Gasteiger partial charge in [-0.3, -0.25) is 5.10 Å². The predicted octanol–water partition coefficient (Wildman–Crippen LogP) is 3.09. The normalized spacial score (nSPS) is 10.4. The first-order chi connectivity index (χ1) is 7.65. The van der Waals surface area contributed by atoms with Gasteiger partial charge in [0, 0.05) is 6.54 Å². The van der Waals surface area contributed by atoms with E-state index in [9.17, 15) is 8.78 Å². The first kappa shape index (κ1) is 11.2. The van der Waals surface area contributed by atoms with Crippen molar-refractivity contribution in [2.45, 2.75) is 6.54 Å². The molecule has 0 aliphatic rings. The number of anilines is 1. The van der Waals surface area contributed by atoms with Crippen molar-refractivity contribution in [1.29, 1.82) is 0 Å². The number of H-pyrrole nitrogens is 1. The van der Waals surface area contributed by atoms with E-state index in [-0.39, 0.29) is 0 Å². The molecular weight excluding hydrogens is 252 g/mol. The molecule has 84 valence electrons. The summed E-state index contributed by atoms with van der Waals surface area (Å²) in [4.78, 5) is 0. The number of nitrogens with one attached hydrogen (secondary N) is 2. The zero-order valence-electron chi connectivity index (χ0n) is 7.96. The Balaban J connectivity index is 2.04. The minimum absolute atomic E-state index is 0.368.